The van der Waals surface area contributed by atoms with Crippen LogP contribution in [-0.4, -0.2) is 37.0 Å². The van der Waals surface area contributed by atoms with Crippen molar-refractivity contribution in [3.63, 3.8) is 0 Å². The van der Waals surface area contributed by atoms with Gasteiger partial charge in [0, 0.05) is 26.1 Å². The molecule has 1 aliphatic heterocycles. The number of likely N-dealkylation sites (tertiary alicyclic amines) is 1. The molecule has 92 valence electrons. The van der Waals surface area contributed by atoms with Crippen LogP contribution in [0.1, 0.15) is 44.9 Å². The molecule has 3 nitrogen and oxygen atoms in total. The van der Waals surface area contributed by atoms with Gasteiger partial charge in [-0.1, -0.05) is 12.8 Å². The Morgan fingerprint density at radius 1 is 1.12 bits per heavy atom. The maximum absolute atomic E-state index is 11.8. The third-order valence-electron chi connectivity index (χ3n) is 3.65. The summed E-state index contributed by atoms with van der Waals surface area (Å²) in [5.74, 6) is 1.34. The Labute approximate surface area is 98.6 Å². The molecule has 2 aliphatic rings. The molecule has 0 unspecified atom stereocenters. The van der Waals surface area contributed by atoms with Gasteiger partial charge in [-0.3, -0.25) is 4.79 Å². The quantitative estimate of drug-likeness (QED) is 0.698. The van der Waals surface area contributed by atoms with Crippen LogP contribution in [0, 0.1) is 5.92 Å². The van der Waals surface area contributed by atoms with Crippen molar-refractivity contribution < 1.29 is 4.79 Å². The summed E-state index contributed by atoms with van der Waals surface area (Å²) in [6.07, 6.45) is 8.52. The zero-order chi connectivity index (χ0) is 11.2. The van der Waals surface area contributed by atoms with E-state index in [0.717, 1.165) is 32.1 Å². The van der Waals surface area contributed by atoms with Crippen LogP contribution in [-0.2, 0) is 4.79 Å². The first kappa shape index (κ1) is 11.9. The zero-order valence-electron chi connectivity index (χ0n) is 10.2. The predicted molar refractivity (Wildman–Crippen MR) is 65.3 cm³/mol. The first-order valence-electron chi connectivity index (χ1n) is 6.85. The smallest absolute Gasteiger partial charge is 0.223 e. The van der Waals surface area contributed by atoms with Gasteiger partial charge in [0.2, 0.25) is 5.91 Å². The largest absolute Gasteiger partial charge is 0.343 e. The Bertz CT molecular complexity index is 220. The summed E-state index contributed by atoms with van der Waals surface area (Å²) in [5.41, 5.74) is 0. The van der Waals surface area contributed by atoms with Crippen LogP contribution in [0.25, 0.3) is 0 Å². The van der Waals surface area contributed by atoms with Gasteiger partial charge < -0.3 is 10.2 Å². The monoisotopic (exact) mass is 224 g/mol. The molecule has 2 rings (SSSR count). The number of amides is 1. The standard InChI is InChI=1S/C13H24N2O/c16-13(15-10-2-1-3-11-15)7-9-14-8-6-12-4-5-12/h12,14H,1-11H2. The van der Waals surface area contributed by atoms with Crippen LogP contribution < -0.4 is 5.32 Å². The van der Waals surface area contributed by atoms with E-state index < -0.39 is 0 Å². The van der Waals surface area contributed by atoms with Gasteiger partial charge in [-0.15, -0.1) is 0 Å². The van der Waals surface area contributed by atoms with Crippen LogP contribution >= 0.6 is 0 Å². The van der Waals surface area contributed by atoms with Gasteiger partial charge in [-0.25, -0.2) is 0 Å². The van der Waals surface area contributed by atoms with E-state index in [-0.39, 0.29) is 0 Å². The number of nitrogens with zero attached hydrogens (tertiary/aromatic N) is 1. The van der Waals surface area contributed by atoms with Crippen molar-refractivity contribution in [2.24, 2.45) is 5.92 Å². The third-order valence-corrected chi connectivity index (χ3v) is 3.65. The number of hydrogen-bond donors (Lipinski definition) is 1. The van der Waals surface area contributed by atoms with Crippen LogP contribution in [0.4, 0.5) is 0 Å². The summed E-state index contributed by atoms with van der Waals surface area (Å²) >= 11 is 0. The highest BCUT2D eigenvalue weighted by Crippen LogP contribution is 2.31. The average Bonchev–Trinajstić information content (AvgIpc) is 3.13. The van der Waals surface area contributed by atoms with Gasteiger partial charge in [0.05, 0.1) is 0 Å². The summed E-state index contributed by atoms with van der Waals surface area (Å²) in [7, 11) is 0. The topological polar surface area (TPSA) is 32.3 Å². The summed E-state index contributed by atoms with van der Waals surface area (Å²) < 4.78 is 0. The second kappa shape index (κ2) is 6.24. The highest BCUT2D eigenvalue weighted by molar-refractivity contribution is 5.76. The van der Waals surface area contributed by atoms with Crippen molar-refractivity contribution in [1.29, 1.82) is 0 Å². The fraction of sp³-hybridized carbons (Fsp3) is 0.923. The minimum Gasteiger partial charge on any atom is -0.343 e. The molecule has 0 spiro atoms. The van der Waals surface area contributed by atoms with E-state index in [2.05, 4.69) is 5.32 Å². The van der Waals surface area contributed by atoms with Crippen LogP contribution in [0.5, 0.6) is 0 Å². The van der Waals surface area contributed by atoms with Crippen molar-refractivity contribution in [2.75, 3.05) is 26.2 Å². The average molecular weight is 224 g/mol. The predicted octanol–water partition coefficient (Wildman–Crippen LogP) is 1.78. The van der Waals surface area contributed by atoms with Crippen molar-refractivity contribution in [3.05, 3.63) is 0 Å². The van der Waals surface area contributed by atoms with E-state index in [0.29, 0.717) is 12.3 Å². The molecule has 1 heterocycles. The molecule has 0 bridgehead atoms. The maximum Gasteiger partial charge on any atom is 0.223 e. The molecule has 1 N–H and O–H groups in total. The molecule has 0 atom stereocenters. The number of nitrogens with one attached hydrogen (secondary N) is 1. The SMILES string of the molecule is O=C(CCNCCC1CC1)N1CCCCC1. The van der Waals surface area contributed by atoms with Gasteiger partial charge in [0.1, 0.15) is 0 Å². The molecule has 1 aliphatic carbocycles. The van der Waals surface area contributed by atoms with Crippen molar-refractivity contribution in [3.8, 4) is 0 Å². The fourth-order valence-corrected chi connectivity index (χ4v) is 2.33. The van der Waals surface area contributed by atoms with Gasteiger partial charge in [0.25, 0.3) is 0 Å². The fourth-order valence-electron chi connectivity index (χ4n) is 2.33. The van der Waals surface area contributed by atoms with E-state index in [9.17, 15) is 4.79 Å². The first-order valence-corrected chi connectivity index (χ1v) is 6.85. The highest BCUT2D eigenvalue weighted by atomic mass is 16.2. The van der Waals surface area contributed by atoms with Crippen LogP contribution in [0.15, 0.2) is 0 Å². The zero-order valence-corrected chi connectivity index (χ0v) is 10.2. The van der Waals surface area contributed by atoms with Crippen molar-refractivity contribution >= 4 is 5.91 Å². The van der Waals surface area contributed by atoms with Crippen LogP contribution in [0.3, 0.4) is 0 Å². The summed E-state index contributed by atoms with van der Waals surface area (Å²) in [6, 6.07) is 0. The Morgan fingerprint density at radius 3 is 2.56 bits per heavy atom. The molecular formula is C13H24N2O. The molecule has 0 aromatic rings. The second-order valence-electron chi connectivity index (χ2n) is 5.17. The van der Waals surface area contributed by atoms with Gasteiger partial charge in [0.15, 0.2) is 0 Å². The normalized spacial score (nSPS) is 21.1. The van der Waals surface area contributed by atoms with Crippen molar-refractivity contribution in [1.82, 2.24) is 10.2 Å². The number of rotatable bonds is 6. The van der Waals surface area contributed by atoms with E-state index in [1.165, 1.54) is 38.5 Å². The number of carbonyl (C=O) groups is 1. The molecule has 1 saturated carbocycles. The number of hydrogen-bond acceptors (Lipinski definition) is 2. The Hall–Kier alpha value is -0.570. The minimum absolute atomic E-state index is 0.346. The van der Waals surface area contributed by atoms with E-state index in [1.54, 1.807) is 0 Å². The van der Waals surface area contributed by atoms with Gasteiger partial charge in [-0.2, -0.15) is 0 Å². The summed E-state index contributed by atoms with van der Waals surface area (Å²) in [5, 5.41) is 3.38. The molecule has 0 radical (unpaired) electrons. The lowest BCUT2D eigenvalue weighted by Crippen LogP contribution is -2.37. The van der Waals surface area contributed by atoms with Crippen molar-refractivity contribution in [2.45, 2.75) is 44.9 Å². The molecule has 0 aromatic heterocycles. The molecule has 3 heteroatoms. The third kappa shape index (κ3) is 4.12. The molecule has 2 fully saturated rings. The Kier molecular flexibility index (Phi) is 4.64. The lowest BCUT2D eigenvalue weighted by molar-refractivity contribution is -0.131. The number of piperidine rings is 1. The summed E-state index contributed by atoms with van der Waals surface area (Å²) in [6.45, 7) is 3.93. The van der Waals surface area contributed by atoms with E-state index in [4.69, 9.17) is 0 Å². The van der Waals surface area contributed by atoms with Gasteiger partial charge >= 0.3 is 0 Å². The summed E-state index contributed by atoms with van der Waals surface area (Å²) in [4.78, 5) is 13.8. The molecule has 0 aromatic carbocycles. The van der Waals surface area contributed by atoms with E-state index in [1.807, 2.05) is 4.90 Å². The maximum atomic E-state index is 11.8. The van der Waals surface area contributed by atoms with Crippen LogP contribution in [0.2, 0.25) is 0 Å². The second-order valence-corrected chi connectivity index (χ2v) is 5.17. The lowest BCUT2D eigenvalue weighted by Gasteiger charge is -2.26. The van der Waals surface area contributed by atoms with E-state index >= 15 is 0 Å². The van der Waals surface area contributed by atoms with Gasteiger partial charge in [-0.05, 0) is 38.1 Å². The molecule has 16 heavy (non-hydrogen) atoms. The molecule has 1 saturated heterocycles. The molecular weight excluding hydrogens is 200 g/mol. The highest BCUT2D eigenvalue weighted by Gasteiger charge is 2.20. The first-order chi connectivity index (χ1) is 7.86. The minimum atomic E-state index is 0.346. The number of carbonyl (C=O) groups excluding carboxylic acids is 1. The lowest BCUT2D eigenvalue weighted by atomic mass is 10.1. The Morgan fingerprint density at radius 2 is 1.88 bits per heavy atom. The molecule has 1 amide bonds. The Balaban J connectivity index is 1.48.